The van der Waals surface area contributed by atoms with Gasteiger partial charge in [-0.3, -0.25) is 14.9 Å². The van der Waals surface area contributed by atoms with Crippen LogP contribution in [-0.4, -0.2) is 35.6 Å². The highest BCUT2D eigenvalue weighted by Gasteiger charge is 2.11. The highest BCUT2D eigenvalue weighted by Crippen LogP contribution is 2.17. The number of carbonyl (C=O) groups excluding carboxylic acids is 1. The van der Waals surface area contributed by atoms with Gasteiger partial charge in [-0.2, -0.15) is 0 Å². The summed E-state index contributed by atoms with van der Waals surface area (Å²) in [5.74, 6) is -0.0138. The summed E-state index contributed by atoms with van der Waals surface area (Å²) < 4.78 is 4.94. The van der Waals surface area contributed by atoms with Gasteiger partial charge in [-0.1, -0.05) is 0 Å². The molecule has 0 bridgehead atoms. The minimum absolute atomic E-state index is 0.0227. The lowest BCUT2D eigenvalue weighted by Crippen LogP contribution is -2.20. The van der Waals surface area contributed by atoms with E-state index in [0.717, 1.165) is 0 Å². The van der Waals surface area contributed by atoms with Crippen LogP contribution in [0.2, 0.25) is 0 Å². The molecular weight excluding hydrogens is 240 g/mol. The average Bonchev–Trinajstić information content (AvgIpc) is 2.27. The molecule has 1 amide bonds. The largest absolute Gasteiger partial charge is 0.370 e. The van der Waals surface area contributed by atoms with Crippen LogP contribution in [0.25, 0.3) is 0 Å². The normalized spacial score (nSPS) is 10.1. The molecule has 98 valence electrons. The maximum Gasteiger partial charge on any atom is 0.290 e. The Balaban J connectivity index is 2.42. The van der Waals surface area contributed by atoms with Gasteiger partial charge in [-0.15, -0.1) is 0 Å². The fraction of sp³-hybridized carbons (Fsp3) is 0.400. The molecule has 8 nitrogen and oxygen atoms in total. The van der Waals surface area contributed by atoms with E-state index in [0.29, 0.717) is 24.7 Å². The molecule has 0 unspecified atom stereocenters. The first-order valence-electron chi connectivity index (χ1n) is 5.22. The molecule has 0 fully saturated rings. The third-order valence-corrected chi connectivity index (χ3v) is 2.05. The molecule has 1 rings (SSSR count). The van der Waals surface area contributed by atoms with Crippen molar-refractivity contribution in [2.45, 2.75) is 6.92 Å². The molecule has 0 spiro atoms. The van der Waals surface area contributed by atoms with E-state index in [1.165, 1.54) is 12.1 Å². The summed E-state index contributed by atoms with van der Waals surface area (Å²) in [6, 6.07) is 2.90. The third kappa shape index (κ3) is 4.34. The van der Waals surface area contributed by atoms with Crippen molar-refractivity contribution in [3.8, 4) is 0 Å². The van der Waals surface area contributed by atoms with E-state index in [-0.39, 0.29) is 12.3 Å². The van der Waals surface area contributed by atoms with Crippen LogP contribution in [0.5, 0.6) is 0 Å². The van der Waals surface area contributed by atoms with Gasteiger partial charge in [0.15, 0.2) is 0 Å². The van der Waals surface area contributed by atoms with Gasteiger partial charge in [0.25, 0.3) is 5.69 Å². The van der Waals surface area contributed by atoms with Crippen molar-refractivity contribution in [2.24, 2.45) is 5.73 Å². The topological polar surface area (TPSA) is 120 Å². The fourth-order valence-electron chi connectivity index (χ4n) is 1.27. The minimum Gasteiger partial charge on any atom is -0.370 e. The number of ether oxygens (including phenoxy) is 1. The lowest BCUT2D eigenvalue weighted by Gasteiger charge is -2.06. The van der Waals surface area contributed by atoms with Gasteiger partial charge in [-0.25, -0.2) is 4.98 Å². The number of amides is 1. The van der Waals surface area contributed by atoms with E-state index in [1.807, 2.05) is 0 Å². The third-order valence-electron chi connectivity index (χ3n) is 2.05. The second kappa shape index (κ2) is 6.50. The molecule has 8 heteroatoms. The highest BCUT2D eigenvalue weighted by atomic mass is 16.6. The Hall–Kier alpha value is -2.22. The van der Waals surface area contributed by atoms with Crippen LogP contribution in [0.1, 0.15) is 5.69 Å². The quantitative estimate of drug-likeness (QED) is 0.407. The summed E-state index contributed by atoms with van der Waals surface area (Å²) in [6.07, 6.45) is 0. The molecule has 0 radical (unpaired) electrons. The van der Waals surface area contributed by atoms with Gasteiger partial charge in [0.05, 0.1) is 11.5 Å². The molecule has 0 atom stereocenters. The number of anilines is 1. The van der Waals surface area contributed by atoms with Crippen LogP contribution in [0.3, 0.4) is 0 Å². The SMILES string of the molecule is Cc1nc(NCCOCC(N)=O)ccc1[N+](=O)[O-]. The maximum absolute atomic E-state index is 10.6. The zero-order chi connectivity index (χ0) is 13.5. The van der Waals surface area contributed by atoms with E-state index in [9.17, 15) is 14.9 Å². The number of carbonyl (C=O) groups is 1. The number of nitrogens with one attached hydrogen (secondary N) is 1. The molecule has 3 N–H and O–H groups in total. The van der Waals surface area contributed by atoms with E-state index >= 15 is 0 Å². The number of rotatable bonds is 7. The first-order chi connectivity index (χ1) is 8.50. The van der Waals surface area contributed by atoms with E-state index in [1.54, 1.807) is 6.92 Å². The molecule has 0 saturated heterocycles. The van der Waals surface area contributed by atoms with Gasteiger partial charge in [-0.05, 0) is 13.0 Å². The fourth-order valence-corrected chi connectivity index (χ4v) is 1.27. The Kier molecular flexibility index (Phi) is 5.00. The summed E-state index contributed by atoms with van der Waals surface area (Å²) in [5, 5.41) is 13.5. The van der Waals surface area contributed by atoms with Crippen LogP contribution in [0.15, 0.2) is 12.1 Å². The van der Waals surface area contributed by atoms with Crippen LogP contribution in [0.4, 0.5) is 11.5 Å². The minimum atomic E-state index is -0.528. The molecule has 0 aliphatic rings. The van der Waals surface area contributed by atoms with Crippen molar-refractivity contribution in [1.29, 1.82) is 0 Å². The molecular formula is C10H14N4O4. The predicted octanol–water partition coefficient (Wildman–Crippen LogP) is 0.212. The molecule has 1 aromatic rings. The molecule has 1 aromatic heterocycles. The summed E-state index contributed by atoms with van der Waals surface area (Å²) >= 11 is 0. The molecule has 0 aliphatic heterocycles. The van der Waals surface area contributed by atoms with Crippen molar-refractivity contribution >= 4 is 17.4 Å². The zero-order valence-electron chi connectivity index (χ0n) is 9.88. The van der Waals surface area contributed by atoms with E-state index < -0.39 is 10.8 Å². The number of pyridine rings is 1. The second-order valence-corrected chi connectivity index (χ2v) is 3.50. The van der Waals surface area contributed by atoms with Crippen LogP contribution >= 0.6 is 0 Å². The predicted molar refractivity (Wildman–Crippen MR) is 64.1 cm³/mol. The summed E-state index contributed by atoms with van der Waals surface area (Å²) in [4.78, 5) is 24.5. The number of nitrogens with zero attached hydrogens (tertiary/aromatic N) is 2. The number of aryl methyl sites for hydroxylation is 1. The van der Waals surface area contributed by atoms with E-state index in [4.69, 9.17) is 10.5 Å². The zero-order valence-corrected chi connectivity index (χ0v) is 9.88. The summed E-state index contributed by atoms with van der Waals surface area (Å²) in [7, 11) is 0. The van der Waals surface area contributed by atoms with E-state index in [2.05, 4.69) is 10.3 Å². The Bertz CT molecular complexity index is 450. The smallest absolute Gasteiger partial charge is 0.290 e. The molecule has 0 aromatic carbocycles. The van der Waals surface area contributed by atoms with Crippen LogP contribution in [0, 0.1) is 17.0 Å². The number of aromatic nitrogens is 1. The lowest BCUT2D eigenvalue weighted by atomic mass is 10.3. The number of hydrogen-bond donors (Lipinski definition) is 2. The van der Waals surface area contributed by atoms with Gasteiger partial charge in [0.1, 0.15) is 18.1 Å². The average molecular weight is 254 g/mol. The second-order valence-electron chi connectivity index (χ2n) is 3.50. The summed E-state index contributed by atoms with van der Waals surface area (Å²) in [6.45, 7) is 2.15. The molecule has 0 aliphatic carbocycles. The van der Waals surface area contributed by atoms with Gasteiger partial charge in [0.2, 0.25) is 5.91 Å². The number of nitro groups is 1. The standard InChI is InChI=1S/C10H14N4O4/c1-7-8(14(16)17)2-3-10(13-7)12-4-5-18-6-9(11)15/h2-3H,4-6H2,1H3,(H2,11,15)(H,12,13). The van der Waals surface area contributed by atoms with Crippen LogP contribution < -0.4 is 11.1 Å². The Morgan fingerprint density at radius 2 is 2.33 bits per heavy atom. The first-order valence-corrected chi connectivity index (χ1v) is 5.22. The van der Waals surface area contributed by atoms with Crippen molar-refractivity contribution in [3.63, 3.8) is 0 Å². The highest BCUT2D eigenvalue weighted by molar-refractivity contribution is 5.74. The van der Waals surface area contributed by atoms with Crippen LogP contribution in [-0.2, 0) is 9.53 Å². The number of hydrogen-bond acceptors (Lipinski definition) is 6. The number of nitrogens with two attached hydrogens (primary N) is 1. The Morgan fingerprint density at radius 1 is 1.61 bits per heavy atom. The van der Waals surface area contributed by atoms with Gasteiger partial charge in [0, 0.05) is 12.6 Å². The maximum atomic E-state index is 10.6. The summed E-state index contributed by atoms with van der Waals surface area (Å²) in [5.41, 5.74) is 5.20. The monoisotopic (exact) mass is 254 g/mol. The van der Waals surface area contributed by atoms with Crippen molar-refractivity contribution < 1.29 is 14.5 Å². The van der Waals surface area contributed by atoms with Crippen molar-refractivity contribution in [3.05, 3.63) is 27.9 Å². The molecule has 18 heavy (non-hydrogen) atoms. The Labute approximate surface area is 103 Å². The van der Waals surface area contributed by atoms with Gasteiger partial charge >= 0.3 is 0 Å². The van der Waals surface area contributed by atoms with Crippen molar-refractivity contribution in [1.82, 2.24) is 4.98 Å². The van der Waals surface area contributed by atoms with Crippen molar-refractivity contribution in [2.75, 3.05) is 25.1 Å². The van der Waals surface area contributed by atoms with Gasteiger partial charge < -0.3 is 15.8 Å². The molecule has 0 saturated carbocycles. The lowest BCUT2D eigenvalue weighted by molar-refractivity contribution is -0.385. The first kappa shape index (κ1) is 13.8. The molecule has 1 heterocycles. The Morgan fingerprint density at radius 3 is 2.89 bits per heavy atom. The number of primary amides is 1.